The second-order valence-electron chi connectivity index (χ2n) is 4.01. The van der Waals surface area contributed by atoms with Crippen LogP contribution in [-0.4, -0.2) is 34.7 Å². The molecule has 0 aliphatic carbocycles. The quantitative estimate of drug-likeness (QED) is 0.736. The van der Waals surface area contributed by atoms with Gasteiger partial charge in [-0.05, 0) is 17.7 Å². The Kier molecular flexibility index (Phi) is 4.26. The summed E-state index contributed by atoms with van der Waals surface area (Å²) in [5.41, 5.74) is 0.168. The van der Waals surface area contributed by atoms with Crippen molar-refractivity contribution in [2.75, 3.05) is 13.7 Å². The minimum absolute atomic E-state index is 0.107. The van der Waals surface area contributed by atoms with Gasteiger partial charge in [0.05, 0.1) is 6.10 Å². The fourth-order valence-corrected chi connectivity index (χ4v) is 1.66. The Balaban J connectivity index is 1.99. The Hall–Kier alpha value is -2.48. The van der Waals surface area contributed by atoms with Crippen LogP contribution in [0.4, 0.5) is 4.39 Å². The maximum Gasteiger partial charge on any atom is 0.341 e. The number of ether oxygens (including phenoxy) is 1. The molecule has 2 rings (SSSR count). The van der Waals surface area contributed by atoms with Crippen molar-refractivity contribution in [1.82, 2.24) is 20.5 Å². The van der Waals surface area contributed by atoms with Crippen LogP contribution in [0.3, 0.4) is 0 Å². The molecular weight excluding hydrogens is 267 g/mol. The molecular formula is C12H13FN4O3. The molecule has 8 heteroatoms. The van der Waals surface area contributed by atoms with Crippen LogP contribution in [0, 0.1) is 5.82 Å². The number of rotatable bonds is 5. The van der Waals surface area contributed by atoms with Gasteiger partial charge in [0.25, 0.3) is 5.91 Å². The molecule has 3 N–H and O–H groups in total. The molecule has 20 heavy (non-hydrogen) atoms. The third kappa shape index (κ3) is 3.29. The van der Waals surface area contributed by atoms with E-state index in [0.29, 0.717) is 0 Å². The average Bonchev–Trinajstić information content (AvgIpc) is 2.88. The van der Waals surface area contributed by atoms with Gasteiger partial charge < -0.3 is 10.1 Å². The summed E-state index contributed by atoms with van der Waals surface area (Å²) in [6.07, 6.45) is -0.426. The molecule has 0 saturated heterocycles. The fraction of sp³-hybridized carbons (Fsp3) is 0.250. The molecule has 106 valence electrons. The van der Waals surface area contributed by atoms with Crippen molar-refractivity contribution in [1.29, 1.82) is 0 Å². The van der Waals surface area contributed by atoms with E-state index in [4.69, 9.17) is 4.74 Å². The van der Waals surface area contributed by atoms with Crippen LogP contribution in [-0.2, 0) is 4.74 Å². The van der Waals surface area contributed by atoms with Crippen molar-refractivity contribution >= 4 is 5.91 Å². The smallest absolute Gasteiger partial charge is 0.341 e. The summed E-state index contributed by atoms with van der Waals surface area (Å²) in [4.78, 5) is 24.8. The van der Waals surface area contributed by atoms with Gasteiger partial charge in [0.1, 0.15) is 5.82 Å². The van der Waals surface area contributed by atoms with Crippen LogP contribution in [0.25, 0.3) is 0 Å². The van der Waals surface area contributed by atoms with Gasteiger partial charge in [-0.1, -0.05) is 12.1 Å². The summed E-state index contributed by atoms with van der Waals surface area (Å²) in [6.45, 7) is 0.163. The number of benzene rings is 1. The summed E-state index contributed by atoms with van der Waals surface area (Å²) in [6, 6.07) is 5.78. The molecule has 0 bridgehead atoms. The zero-order valence-corrected chi connectivity index (χ0v) is 10.6. The van der Waals surface area contributed by atoms with E-state index in [1.54, 1.807) is 12.1 Å². The highest BCUT2D eigenvalue weighted by Crippen LogP contribution is 2.16. The zero-order chi connectivity index (χ0) is 14.5. The number of carbonyl (C=O) groups is 1. The molecule has 1 unspecified atom stereocenters. The Morgan fingerprint density at radius 1 is 1.45 bits per heavy atom. The van der Waals surface area contributed by atoms with E-state index in [2.05, 4.69) is 20.5 Å². The lowest BCUT2D eigenvalue weighted by atomic mass is 10.1. The van der Waals surface area contributed by atoms with E-state index in [1.165, 1.54) is 19.2 Å². The summed E-state index contributed by atoms with van der Waals surface area (Å²) in [7, 11) is 1.48. The molecule has 0 radical (unpaired) electrons. The number of carbonyl (C=O) groups excluding carboxylic acids is 1. The molecule has 1 amide bonds. The Labute approximate surface area is 113 Å². The normalized spacial score (nSPS) is 12.1. The van der Waals surface area contributed by atoms with Crippen LogP contribution in [0.2, 0.25) is 0 Å². The van der Waals surface area contributed by atoms with Crippen molar-refractivity contribution in [2.45, 2.75) is 6.10 Å². The number of hydrogen-bond acceptors (Lipinski definition) is 4. The molecule has 0 aliphatic rings. The van der Waals surface area contributed by atoms with Gasteiger partial charge in [-0.2, -0.15) is 0 Å². The first-order chi connectivity index (χ1) is 9.60. The van der Waals surface area contributed by atoms with E-state index in [9.17, 15) is 14.0 Å². The maximum atomic E-state index is 12.8. The van der Waals surface area contributed by atoms with Gasteiger partial charge in [0.15, 0.2) is 0 Å². The number of hydrogen-bond donors (Lipinski definition) is 3. The van der Waals surface area contributed by atoms with Crippen LogP contribution in [0.5, 0.6) is 0 Å². The van der Waals surface area contributed by atoms with E-state index in [0.717, 1.165) is 5.56 Å². The molecule has 1 aromatic heterocycles. The van der Waals surface area contributed by atoms with Crippen molar-refractivity contribution < 1.29 is 13.9 Å². The first kappa shape index (κ1) is 13.9. The molecule has 0 aliphatic heterocycles. The summed E-state index contributed by atoms with van der Waals surface area (Å²) in [5.74, 6) is -0.988. The summed E-state index contributed by atoms with van der Waals surface area (Å²) in [5, 5.41) is 8.17. The number of amides is 1. The Morgan fingerprint density at radius 2 is 2.15 bits per heavy atom. The number of halogens is 1. The first-order valence-electron chi connectivity index (χ1n) is 5.81. The molecule has 1 atom stereocenters. The predicted molar refractivity (Wildman–Crippen MR) is 67.7 cm³/mol. The van der Waals surface area contributed by atoms with Gasteiger partial charge in [0.2, 0.25) is 5.82 Å². The number of aromatic nitrogens is 3. The van der Waals surface area contributed by atoms with E-state index < -0.39 is 17.7 Å². The third-order valence-corrected chi connectivity index (χ3v) is 2.69. The standard InChI is InChI=1S/C12H13FN4O3/c1-20-9(7-2-4-8(13)5-3-7)6-14-11(18)10-15-12(19)17-16-10/h2-5,9H,6H2,1H3,(H,14,18)(H2,15,16,17,19). The van der Waals surface area contributed by atoms with Crippen molar-refractivity contribution in [3.63, 3.8) is 0 Å². The highest BCUT2D eigenvalue weighted by Gasteiger charge is 2.15. The molecule has 7 nitrogen and oxygen atoms in total. The van der Waals surface area contributed by atoms with Crippen LogP contribution in [0.15, 0.2) is 29.1 Å². The molecule has 1 aromatic carbocycles. The largest absolute Gasteiger partial charge is 0.375 e. The highest BCUT2D eigenvalue weighted by atomic mass is 19.1. The van der Waals surface area contributed by atoms with Crippen LogP contribution in [0.1, 0.15) is 22.3 Å². The number of nitrogens with zero attached hydrogens (tertiary/aromatic N) is 1. The summed E-state index contributed by atoms with van der Waals surface area (Å²) >= 11 is 0. The second-order valence-corrected chi connectivity index (χ2v) is 4.01. The number of methoxy groups -OCH3 is 1. The minimum Gasteiger partial charge on any atom is -0.375 e. The van der Waals surface area contributed by atoms with Gasteiger partial charge in [-0.15, -0.1) is 5.10 Å². The molecule has 1 heterocycles. The number of H-pyrrole nitrogens is 2. The topological polar surface area (TPSA) is 99.9 Å². The highest BCUT2D eigenvalue weighted by molar-refractivity contribution is 5.90. The number of nitrogens with one attached hydrogen (secondary N) is 3. The molecule has 0 spiro atoms. The van der Waals surface area contributed by atoms with E-state index in [1.807, 2.05) is 0 Å². The second kappa shape index (κ2) is 6.11. The average molecular weight is 280 g/mol. The van der Waals surface area contributed by atoms with Gasteiger partial charge in [-0.25, -0.2) is 14.3 Å². The van der Waals surface area contributed by atoms with Gasteiger partial charge in [-0.3, -0.25) is 9.78 Å². The van der Waals surface area contributed by atoms with Gasteiger partial charge in [0, 0.05) is 13.7 Å². The van der Waals surface area contributed by atoms with Crippen LogP contribution >= 0.6 is 0 Å². The summed E-state index contributed by atoms with van der Waals surface area (Å²) < 4.78 is 18.1. The SMILES string of the molecule is COC(CNC(=O)c1n[nH]c(=O)[nH]1)c1ccc(F)cc1. The van der Waals surface area contributed by atoms with E-state index in [-0.39, 0.29) is 18.2 Å². The van der Waals surface area contributed by atoms with E-state index >= 15 is 0 Å². The molecule has 2 aromatic rings. The fourth-order valence-electron chi connectivity index (χ4n) is 1.66. The maximum absolute atomic E-state index is 12.8. The molecule has 0 saturated carbocycles. The lowest BCUT2D eigenvalue weighted by molar-refractivity contribution is 0.0820. The van der Waals surface area contributed by atoms with Crippen molar-refractivity contribution in [3.8, 4) is 0 Å². The monoisotopic (exact) mass is 280 g/mol. The third-order valence-electron chi connectivity index (χ3n) is 2.69. The van der Waals surface area contributed by atoms with Crippen molar-refractivity contribution in [2.24, 2.45) is 0 Å². The van der Waals surface area contributed by atoms with Gasteiger partial charge >= 0.3 is 5.69 Å². The number of aromatic amines is 2. The Bertz CT molecular complexity index is 635. The predicted octanol–water partition coefficient (Wildman–Crippen LogP) is 0.355. The lowest BCUT2D eigenvalue weighted by Crippen LogP contribution is -2.30. The lowest BCUT2D eigenvalue weighted by Gasteiger charge is -2.16. The first-order valence-corrected chi connectivity index (χ1v) is 5.81. The Morgan fingerprint density at radius 3 is 2.70 bits per heavy atom. The minimum atomic E-state index is -0.558. The molecule has 0 fully saturated rings. The van der Waals surface area contributed by atoms with Crippen LogP contribution < -0.4 is 11.0 Å². The zero-order valence-electron chi connectivity index (χ0n) is 10.6. The van der Waals surface area contributed by atoms with Crippen molar-refractivity contribution in [3.05, 3.63) is 52.0 Å².